The molecular formula is C28H26F3N5O4S2. The van der Waals surface area contributed by atoms with Crippen molar-refractivity contribution in [2.24, 2.45) is 0 Å². The van der Waals surface area contributed by atoms with Crippen LogP contribution in [0.5, 0.6) is 0 Å². The lowest BCUT2D eigenvalue weighted by Gasteiger charge is -2.14. The van der Waals surface area contributed by atoms with Crippen LogP contribution in [0, 0.1) is 17.5 Å². The second-order valence-electron chi connectivity index (χ2n) is 10.3. The van der Waals surface area contributed by atoms with Crippen LogP contribution in [-0.2, 0) is 25.0 Å². The molecule has 0 aliphatic carbocycles. The zero-order valence-electron chi connectivity index (χ0n) is 23.0. The van der Waals surface area contributed by atoms with E-state index in [1.54, 1.807) is 6.07 Å². The molecular weight excluding hydrogens is 591 g/mol. The van der Waals surface area contributed by atoms with Gasteiger partial charge in [0, 0.05) is 30.0 Å². The van der Waals surface area contributed by atoms with E-state index in [1.807, 2.05) is 25.5 Å². The molecule has 4 rings (SSSR count). The Morgan fingerprint density at radius 2 is 1.62 bits per heavy atom. The van der Waals surface area contributed by atoms with E-state index in [2.05, 4.69) is 20.3 Å². The first-order valence-electron chi connectivity index (χ1n) is 12.6. The summed E-state index contributed by atoms with van der Waals surface area (Å²) < 4.78 is 72.0. The van der Waals surface area contributed by atoms with Gasteiger partial charge < -0.3 is 4.79 Å². The van der Waals surface area contributed by atoms with Gasteiger partial charge in [-0.2, -0.15) is 0 Å². The quantitative estimate of drug-likeness (QED) is 0.232. The molecule has 2 heterocycles. The Labute approximate surface area is 244 Å². The van der Waals surface area contributed by atoms with Crippen molar-refractivity contribution in [2.45, 2.75) is 50.8 Å². The lowest BCUT2D eigenvalue weighted by atomic mass is 9.98. The van der Waals surface area contributed by atoms with Gasteiger partial charge in [0.2, 0.25) is 11.9 Å². The third-order valence-corrected chi connectivity index (χ3v) is 8.72. The first kappa shape index (κ1) is 30.8. The van der Waals surface area contributed by atoms with Gasteiger partial charge in [0.1, 0.15) is 17.4 Å². The number of hydrogen-bond acceptors (Lipinski definition) is 8. The van der Waals surface area contributed by atoms with Crippen LogP contribution in [0.3, 0.4) is 0 Å². The van der Waals surface area contributed by atoms with Gasteiger partial charge in [0.15, 0.2) is 10.7 Å². The Kier molecular flexibility index (Phi) is 8.78. The summed E-state index contributed by atoms with van der Waals surface area (Å²) in [5.74, 6) is -4.33. The van der Waals surface area contributed by atoms with E-state index in [4.69, 9.17) is 0 Å². The third kappa shape index (κ3) is 6.82. The van der Waals surface area contributed by atoms with Crippen LogP contribution >= 0.6 is 11.3 Å². The normalized spacial score (nSPS) is 11.8. The van der Waals surface area contributed by atoms with Gasteiger partial charge in [-0.05, 0) is 37.3 Å². The Hall–Kier alpha value is -4.17. The topological polar surface area (TPSA) is 131 Å². The third-order valence-electron chi connectivity index (χ3n) is 5.80. The number of aromatic nitrogens is 3. The fourth-order valence-corrected chi connectivity index (χ4v) is 6.05. The molecule has 0 saturated heterocycles. The van der Waals surface area contributed by atoms with Gasteiger partial charge in [-0.25, -0.2) is 36.5 Å². The second-order valence-corrected chi connectivity index (χ2v) is 12.9. The van der Waals surface area contributed by atoms with E-state index in [-0.39, 0.29) is 35.8 Å². The van der Waals surface area contributed by atoms with Crippen molar-refractivity contribution in [2.75, 3.05) is 10.0 Å². The second kappa shape index (κ2) is 12.0. The molecule has 0 fully saturated rings. The summed E-state index contributed by atoms with van der Waals surface area (Å²) in [6.45, 7) is 7.09. The summed E-state index contributed by atoms with van der Waals surface area (Å²) in [4.78, 5) is 35.7. The minimum Gasteiger partial charge on any atom is -0.300 e. The molecule has 0 saturated carbocycles. The Morgan fingerprint density at radius 3 is 2.26 bits per heavy atom. The molecule has 0 atom stereocenters. The molecule has 1 amide bonds. The summed E-state index contributed by atoms with van der Waals surface area (Å²) in [6.07, 6.45) is 1.41. The van der Waals surface area contributed by atoms with Crippen LogP contribution in [0.4, 0.5) is 24.8 Å². The summed E-state index contributed by atoms with van der Waals surface area (Å²) in [6, 6.07) is 7.98. The van der Waals surface area contributed by atoms with E-state index in [0.29, 0.717) is 15.6 Å². The number of thiazole rings is 1. The zero-order valence-corrected chi connectivity index (χ0v) is 24.6. The highest BCUT2D eigenvalue weighted by molar-refractivity contribution is 7.92. The molecule has 2 aromatic heterocycles. The van der Waals surface area contributed by atoms with Crippen LogP contribution in [0.2, 0.25) is 0 Å². The maximum Gasteiger partial charge on any atom is 0.267 e. The number of sulfonamides is 1. The maximum atomic E-state index is 15.9. The minimum absolute atomic E-state index is 0.0355. The van der Waals surface area contributed by atoms with Crippen LogP contribution in [-0.4, -0.2) is 35.1 Å². The predicted octanol–water partition coefficient (Wildman–Crippen LogP) is 6.09. The van der Waals surface area contributed by atoms with Crippen molar-refractivity contribution in [3.8, 4) is 21.8 Å². The van der Waals surface area contributed by atoms with E-state index in [0.717, 1.165) is 24.3 Å². The molecule has 0 aliphatic heterocycles. The maximum absolute atomic E-state index is 15.9. The van der Waals surface area contributed by atoms with Crippen molar-refractivity contribution in [1.29, 1.82) is 0 Å². The number of rotatable bonds is 9. The fourth-order valence-electron chi connectivity index (χ4n) is 3.75. The number of benzene rings is 2. The Balaban J connectivity index is 1.77. The number of halogens is 3. The summed E-state index contributed by atoms with van der Waals surface area (Å²) in [5.41, 5.74) is -0.683. The van der Waals surface area contributed by atoms with Crippen molar-refractivity contribution < 1.29 is 31.2 Å². The summed E-state index contributed by atoms with van der Waals surface area (Å²) in [5, 5.41) is 3.14. The fraction of sp³-hybridized carbons (Fsp3) is 0.250. The van der Waals surface area contributed by atoms with Gasteiger partial charge in [0.05, 0.1) is 27.0 Å². The number of ketones is 1. The molecule has 42 heavy (non-hydrogen) atoms. The first-order chi connectivity index (χ1) is 19.7. The molecule has 220 valence electrons. The molecule has 0 radical (unpaired) electrons. The van der Waals surface area contributed by atoms with E-state index < -0.39 is 49.4 Å². The van der Waals surface area contributed by atoms with Gasteiger partial charge in [-0.3, -0.25) is 14.8 Å². The summed E-state index contributed by atoms with van der Waals surface area (Å²) in [7, 11) is -4.84. The predicted molar refractivity (Wildman–Crippen MR) is 153 cm³/mol. The molecule has 0 bridgehead atoms. The number of nitrogens with zero attached hydrogens (tertiary/aromatic N) is 3. The van der Waals surface area contributed by atoms with Crippen molar-refractivity contribution in [3.63, 3.8) is 0 Å². The molecule has 4 aromatic rings. The molecule has 9 nitrogen and oxygen atoms in total. The lowest BCUT2D eigenvalue weighted by Crippen LogP contribution is -2.17. The highest BCUT2D eigenvalue weighted by Gasteiger charge is 2.28. The average Bonchev–Trinajstić information content (AvgIpc) is 3.35. The number of carbonyl (C=O) groups excluding carboxylic acids is 2. The largest absolute Gasteiger partial charge is 0.300 e. The molecule has 0 unspecified atom stereocenters. The van der Waals surface area contributed by atoms with Crippen LogP contribution < -0.4 is 10.0 Å². The smallest absolute Gasteiger partial charge is 0.267 e. The zero-order chi connectivity index (χ0) is 30.8. The number of amides is 1. The van der Waals surface area contributed by atoms with Crippen molar-refractivity contribution >= 4 is 44.7 Å². The lowest BCUT2D eigenvalue weighted by molar-refractivity contribution is -0.121. The van der Waals surface area contributed by atoms with Gasteiger partial charge >= 0.3 is 0 Å². The van der Waals surface area contributed by atoms with E-state index in [9.17, 15) is 26.8 Å². The number of carbonyl (C=O) groups is 2. The molecule has 0 aliphatic rings. The molecule has 0 spiro atoms. The first-order valence-corrected chi connectivity index (χ1v) is 14.9. The number of anilines is 2. The van der Waals surface area contributed by atoms with E-state index >= 15 is 4.39 Å². The number of Topliss-reactive ketones (excluding diaryl/α,β-unsaturated/α-hetero) is 1. The molecule has 2 N–H and O–H groups in total. The average molecular weight is 618 g/mol. The van der Waals surface area contributed by atoms with E-state index in [1.165, 1.54) is 36.6 Å². The van der Waals surface area contributed by atoms with Crippen LogP contribution in [0.25, 0.3) is 21.8 Å². The number of hydrogen-bond donors (Lipinski definition) is 2. The van der Waals surface area contributed by atoms with Crippen LogP contribution in [0.15, 0.2) is 53.6 Å². The minimum atomic E-state index is -4.84. The standard InChI is InChI=1S/C28H26F3N5O4S2/c1-15(37)11-12-21(38)34-27-32-14-13-20(33-27)24-23(35-26(41-24)28(2,3)4)16-7-5-10-19(22(16)31)36-42(39,40)25-17(29)8-6-9-18(25)30/h5-10,13-14,36H,11-12H2,1-4H3,(H,32,33,34,38). The van der Waals surface area contributed by atoms with Crippen molar-refractivity contribution in [1.82, 2.24) is 15.0 Å². The Bertz CT molecular complexity index is 1770. The Morgan fingerprint density at radius 1 is 0.952 bits per heavy atom. The monoisotopic (exact) mass is 617 g/mol. The SMILES string of the molecule is CC(=O)CCC(=O)Nc1nccc(-c2sc(C(C)(C)C)nc2-c2cccc(NS(=O)(=O)c3c(F)cccc3F)c2F)n1. The highest BCUT2D eigenvalue weighted by atomic mass is 32.2. The van der Waals surface area contributed by atoms with Crippen molar-refractivity contribution in [3.05, 3.63) is 71.1 Å². The van der Waals surface area contributed by atoms with Gasteiger partial charge in [-0.15, -0.1) is 11.3 Å². The highest BCUT2D eigenvalue weighted by Crippen LogP contribution is 2.42. The molecule has 2 aromatic carbocycles. The van der Waals surface area contributed by atoms with Gasteiger partial charge in [0.25, 0.3) is 10.0 Å². The summed E-state index contributed by atoms with van der Waals surface area (Å²) >= 11 is 1.22. The van der Waals surface area contributed by atoms with Crippen LogP contribution in [0.1, 0.15) is 45.5 Å². The molecule has 14 heteroatoms. The van der Waals surface area contributed by atoms with Gasteiger partial charge in [-0.1, -0.05) is 32.9 Å². The number of nitrogens with one attached hydrogen (secondary N) is 2.